The van der Waals surface area contributed by atoms with Gasteiger partial charge in [0, 0.05) is 17.8 Å². The molecule has 0 atom stereocenters. The number of hydrogen-bond acceptors (Lipinski definition) is 6. The maximum atomic E-state index is 12.2. The standard InChI is InChI=1S/C14H12N4O3S2/c1-18-11(14(21)16-9-3-5-23-7-9)12(19)10(17-18)13(20)15-8-2-4-22-6-8/h2-7,19H,1H3,(H,15,20)(H,16,21). The quantitative estimate of drug-likeness (QED) is 0.675. The SMILES string of the molecule is Cn1nc(C(=O)Nc2ccsc2)c(O)c1C(=O)Nc1ccsc1. The highest BCUT2D eigenvalue weighted by atomic mass is 32.1. The van der Waals surface area contributed by atoms with Gasteiger partial charge in [0.15, 0.2) is 17.1 Å². The van der Waals surface area contributed by atoms with Crippen molar-refractivity contribution in [3.05, 3.63) is 45.0 Å². The lowest BCUT2D eigenvalue weighted by Crippen LogP contribution is -2.15. The monoisotopic (exact) mass is 348 g/mol. The second kappa shape index (κ2) is 6.23. The van der Waals surface area contributed by atoms with E-state index in [2.05, 4.69) is 15.7 Å². The second-order valence-corrected chi connectivity index (χ2v) is 6.16. The number of amides is 2. The molecule has 0 spiro atoms. The van der Waals surface area contributed by atoms with Crippen LogP contribution in [0.15, 0.2) is 33.7 Å². The van der Waals surface area contributed by atoms with Gasteiger partial charge in [-0.25, -0.2) is 0 Å². The fourth-order valence-corrected chi connectivity index (χ4v) is 3.15. The molecule has 3 rings (SSSR count). The number of aromatic hydroxyl groups is 1. The van der Waals surface area contributed by atoms with E-state index in [1.165, 1.54) is 34.4 Å². The molecular formula is C14H12N4O3S2. The third-order valence-corrected chi connectivity index (χ3v) is 4.38. The molecule has 0 saturated heterocycles. The Morgan fingerprint density at radius 1 is 1.09 bits per heavy atom. The third-order valence-electron chi connectivity index (χ3n) is 3.01. The molecule has 3 aromatic rings. The Balaban J connectivity index is 1.84. The van der Waals surface area contributed by atoms with Crippen molar-refractivity contribution in [3.8, 4) is 5.75 Å². The highest BCUT2D eigenvalue weighted by molar-refractivity contribution is 7.08. The van der Waals surface area contributed by atoms with Gasteiger partial charge >= 0.3 is 0 Å². The summed E-state index contributed by atoms with van der Waals surface area (Å²) >= 11 is 2.86. The molecule has 9 heteroatoms. The Morgan fingerprint density at radius 2 is 1.65 bits per heavy atom. The summed E-state index contributed by atoms with van der Waals surface area (Å²) in [5.41, 5.74) is 0.944. The van der Waals surface area contributed by atoms with Crippen LogP contribution in [0.4, 0.5) is 11.4 Å². The van der Waals surface area contributed by atoms with Crippen LogP contribution in [0.25, 0.3) is 0 Å². The minimum atomic E-state index is -0.578. The fraction of sp³-hybridized carbons (Fsp3) is 0.0714. The summed E-state index contributed by atoms with van der Waals surface area (Å²) in [4.78, 5) is 24.4. The number of rotatable bonds is 4. The number of aromatic nitrogens is 2. The Hall–Kier alpha value is -2.65. The second-order valence-electron chi connectivity index (χ2n) is 4.60. The van der Waals surface area contributed by atoms with E-state index in [1.54, 1.807) is 22.9 Å². The summed E-state index contributed by atoms with van der Waals surface area (Å²) < 4.78 is 1.18. The molecule has 0 bridgehead atoms. The Bertz CT molecular complexity index is 838. The number of anilines is 2. The Kier molecular flexibility index (Phi) is 4.13. The van der Waals surface area contributed by atoms with Gasteiger partial charge in [-0.15, -0.1) is 0 Å². The molecule has 7 nitrogen and oxygen atoms in total. The lowest BCUT2D eigenvalue weighted by Gasteiger charge is -2.03. The van der Waals surface area contributed by atoms with Gasteiger partial charge in [0.1, 0.15) is 0 Å². The van der Waals surface area contributed by atoms with Gasteiger partial charge in [-0.1, -0.05) is 0 Å². The van der Waals surface area contributed by atoms with Gasteiger partial charge in [-0.3, -0.25) is 14.3 Å². The first-order valence-electron chi connectivity index (χ1n) is 6.49. The molecule has 0 aliphatic heterocycles. The van der Waals surface area contributed by atoms with E-state index in [-0.39, 0.29) is 11.4 Å². The summed E-state index contributed by atoms with van der Waals surface area (Å²) in [5.74, 6) is -1.57. The van der Waals surface area contributed by atoms with E-state index in [0.717, 1.165) is 0 Å². The van der Waals surface area contributed by atoms with Gasteiger partial charge in [-0.05, 0) is 22.9 Å². The molecule has 0 aliphatic rings. The van der Waals surface area contributed by atoms with E-state index >= 15 is 0 Å². The number of carbonyl (C=O) groups excluding carboxylic acids is 2. The van der Waals surface area contributed by atoms with E-state index in [4.69, 9.17) is 0 Å². The maximum Gasteiger partial charge on any atom is 0.280 e. The summed E-state index contributed by atoms with van der Waals surface area (Å²) in [6.45, 7) is 0. The first-order chi connectivity index (χ1) is 11.1. The van der Waals surface area contributed by atoms with Gasteiger partial charge in [0.2, 0.25) is 0 Å². The summed E-state index contributed by atoms with van der Waals surface area (Å²) in [7, 11) is 1.49. The lowest BCUT2D eigenvalue weighted by atomic mass is 10.2. The molecule has 0 aliphatic carbocycles. The third kappa shape index (κ3) is 3.10. The van der Waals surface area contributed by atoms with Crippen molar-refractivity contribution in [1.82, 2.24) is 9.78 Å². The summed E-state index contributed by atoms with van der Waals surface area (Å²) in [6, 6.07) is 3.47. The first kappa shape index (κ1) is 15.3. The predicted octanol–water partition coefficient (Wildman–Crippen LogP) is 2.75. The number of nitrogens with zero attached hydrogens (tertiary/aromatic N) is 2. The molecule has 2 amide bonds. The van der Waals surface area contributed by atoms with E-state index in [0.29, 0.717) is 11.4 Å². The van der Waals surface area contributed by atoms with Crippen LogP contribution in [0.5, 0.6) is 5.75 Å². The molecule has 0 aromatic carbocycles. The number of carbonyl (C=O) groups is 2. The molecule has 0 radical (unpaired) electrons. The van der Waals surface area contributed by atoms with Crippen LogP contribution in [0, 0.1) is 0 Å². The number of thiophene rings is 2. The van der Waals surface area contributed by atoms with Gasteiger partial charge < -0.3 is 15.7 Å². The Morgan fingerprint density at radius 3 is 2.17 bits per heavy atom. The average Bonchev–Trinajstić information content (AvgIpc) is 3.21. The zero-order chi connectivity index (χ0) is 16.4. The van der Waals surface area contributed by atoms with Crippen LogP contribution >= 0.6 is 22.7 Å². The van der Waals surface area contributed by atoms with Crippen molar-refractivity contribution in [1.29, 1.82) is 0 Å². The van der Waals surface area contributed by atoms with Crippen LogP contribution in [0.3, 0.4) is 0 Å². The molecule has 23 heavy (non-hydrogen) atoms. The van der Waals surface area contributed by atoms with Gasteiger partial charge in [0.05, 0.1) is 11.4 Å². The summed E-state index contributed by atoms with van der Waals surface area (Å²) in [5, 5.41) is 26.5. The van der Waals surface area contributed by atoms with Crippen molar-refractivity contribution in [3.63, 3.8) is 0 Å². The van der Waals surface area contributed by atoms with Crippen LogP contribution in [-0.4, -0.2) is 26.7 Å². The number of hydrogen-bond donors (Lipinski definition) is 3. The Labute approximate surface area is 139 Å². The minimum Gasteiger partial charge on any atom is -0.504 e. The molecule has 0 saturated carbocycles. The van der Waals surface area contributed by atoms with Crippen molar-refractivity contribution in [2.24, 2.45) is 7.05 Å². The van der Waals surface area contributed by atoms with Crippen LogP contribution in [0.1, 0.15) is 21.0 Å². The van der Waals surface area contributed by atoms with Crippen molar-refractivity contribution in [2.45, 2.75) is 0 Å². The molecular weight excluding hydrogens is 336 g/mol. The lowest BCUT2D eigenvalue weighted by molar-refractivity contribution is 0.101. The zero-order valence-electron chi connectivity index (χ0n) is 11.9. The zero-order valence-corrected chi connectivity index (χ0v) is 13.6. The molecule has 0 unspecified atom stereocenters. The van der Waals surface area contributed by atoms with Crippen LogP contribution in [-0.2, 0) is 7.05 Å². The fourth-order valence-electron chi connectivity index (χ4n) is 1.97. The summed E-state index contributed by atoms with van der Waals surface area (Å²) in [6.07, 6.45) is 0. The highest BCUT2D eigenvalue weighted by Gasteiger charge is 2.26. The molecule has 3 aromatic heterocycles. The van der Waals surface area contributed by atoms with E-state index < -0.39 is 17.6 Å². The van der Waals surface area contributed by atoms with Gasteiger partial charge in [0.25, 0.3) is 11.8 Å². The van der Waals surface area contributed by atoms with Crippen molar-refractivity contribution in [2.75, 3.05) is 10.6 Å². The smallest absolute Gasteiger partial charge is 0.280 e. The largest absolute Gasteiger partial charge is 0.504 e. The minimum absolute atomic E-state index is 0.0772. The normalized spacial score (nSPS) is 10.5. The van der Waals surface area contributed by atoms with Crippen molar-refractivity contribution >= 4 is 45.9 Å². The van der Waals surface area contributed by atoms with Crippen LogP contribution < -0.4 is 10.6 Å². The van der Waals surface area contributed by atoms with E-state index in [9.17, 15) is 14.7 Å². The molecule has 0 fully saturated rings. The number of nitrogens with one attached hydrogen (secondary N) is 2. The van der Waals surface area contributed by atoms with Gasteiger partial charge in [-0.2, -0.15) is 27.8 Å². The number of aryl methyl sites for hydroxylation is 1. The molecule has 118 valence electrons. The molecule has 3 N–H and O–H groups in total. The maximum absolute atomic E-state index is 12.2. The average molecular weight is 348 g/mol. The topological polar surface area (TPSA) is 96.2 Å². The first-order valence-corrected chi connectivity index (χ1v) is 8.38. The predicted molar refractivity (Wildman–Crippen MR) is 89.4 cm³/mol. The van der Waals surface area contributed by atoms with Crippen molar-refractivity contribution < 1.29 is 14.7 Å². The van der Waals surface area contributed by atoms with Crippen LogP contribution in [0.2, 0.25) is 0 Å². The molecule has 3 heterocycles. The van der Waals surface area contributed by atoms with E-state index in [1.807, 2.05) is 10.8 Å². The highest BCUT2D eigenvalue weighted by Crippen LogP contribution is 2.24.